The van der Waals surface area contributed by atoms with Crippen molar-refractivity contribution in [1.82, 2.24) is 4.90 Å². The molecule has 0 N–H and O–H groups in total. The molecular weight excluding hydrogens is 350 g/mol. The number of hydrogen-bond acceptors (Lipinski definition) is 3. The minimum absolute atomic E-state index is 0.0209. The van der Waals surface area contributed by atoms with Crippen LogP contribution in [0.2, 0.25) is 0 Å². The third-order valence-electron chi connectivity index (χ3n) is 7.16. The van der Waals surface area contributed by atoms with Crippen LogP contribution in [0.3, 0.4) is 0 Å². The first-order valence-electron chi connectivity index (χ1n) is 10.6. The molecule has 28 heavy (non-hydrogen) atoms. The first-order valence-corrected chi connectivity index (χ1v) is 10.6. The fourth-order valence-electron chi connectivity index (χ4n) is 6.55. The molecule has 0 aliphatic heterocycles. The number of para-hydroxylation sites is 1. The molecule has 1 aromatic carbocycles. The highest BCUT2D eigenvalue weighted by Gasteiger charge is 2.51. The SMILES string of the molecule is CN(CC12CC3CC(CC(C3)C1)C2)C(=O)c1occc1COc1ccccc1. The molecule has 4 heteroatoms. The van der Waals surface area contributed by atoms with Crippen LogP contribution in [0.15, 0.2) is 47.1 Å². The second kappa shape index (κ2) is 6.98. The normalized spacial score (nSPS) is 30.4. The summed E-state index contributed by atoms with van der Waals surface area (Å²) in [4.78, 5) is 15.0. The Hall–Kier alpha value is -2.23. The molecular formula is C24H29NO3. The lowest BCUT2D eigenvalue weighted by atomic mass is 9.49. The molecule has 4 saturated carbocycles. The number of ether oxygens (including phenoxy) is 1. The van der Waals surface area contributed by atoms with Crippen molar-refractivity contribution in [3.8, 4) is 5.75 Å². The topological polar surface area (TPSA) is 42.7 Å². The lowest BCUT2D eigenvalue weighted by molar-refractivity contribution is -0.0631. The van der Waals surface area contributed by atoms with E-state index in [9.17, 15) is 4.79 Å². The van der Waals surface area contributed by atoms with Crippen molar-refractivity contribution < 1.29 is 13.9 Å². The van der Waals surface area contributed by atoms with E-state index in [-0.39, 0.29) is 5.91 Å². The van der Waals surface area contributed by atoms with Gasteiger partial charge < -0.3 is 14.1 Å². The maximum Gasteiger partial charge on any atom is 0.289 e. The standard InChI is InChI=1S/C24H29NO3/c1-25(16-24-12-17-9-18(13-24)11-19(10-17)14-24)23(26)22-20(7-8-27-22)15-28-21-5-3-2-4-6-21/h2-8,17-19H,9-16H2,1H3. The summed E-state index contributed by atoms with van der Waals surface area (Å²) in [6.45, 7) is 1.20. The first kappa shape index (κ1) is 17.8. The summed E-state index contributed by atoms with van der Waals surface area (Å²) < 4.78 is 11.4. The van der Waals surface area contributed by atoms with Crippen LogP contribution < -0.4 is 4.74 Å². The van der Waals surface area contributed by atoms with E-state index in [1.165, 1.54) is 38.5 Å². The zero-order chi connectivity index (χ0) is 19.1. The number of carbonyl (C=O) groups is 1. The highest BCUT2D eigenvalue weighted by atomic mass is 16.5. The van der Waals surface area contributed by atoms with E-state index in [2.05, 4.69) is 0 Å². The lowest BCUT2D eigenvalue weighted by Crippen LogP contribution is -2.51. The monoisotopic (exact) mass is 379 g/mol. The third-order valence-corrected chi connectivity index (χ3v) is 7.16. The average molecular weight is 380 g/mol. The van der Waals surface area contributed by atoms with Gasteiger partial charge in [-0.25, -0.2) is 0 Å². The van der Waals surface area contributed by atoms with Crippen LogP contribution >= 0.6 is 0 Å². The fraction of sp³-hybridized carbons (Fsp3) is 0.542. The van der Waals surface area contributed by atoms with Gasteiger partial charge in [-0.2, -0.15) is 0 Å². The van der Waals surface area contributed by atoms with Crippen LogP contribution in [-0.2, 0) is 6.61 Å². The summed E-state index contributed by atoms with van der Waals surface area (Å²) in [7, 11) is 1.94. The molecule has 4 fully saturated rings. The van der Waals surface area contributed by atoms with Crippen molar-refractivity contribution in [1.29, 1.82) is 0 Å². The van der Waals surface area contributed by atoms with Crippen LogP contribution in [0.5, 0.6) is 5.75 Å². The maximum absolute atomic E-state index is 13.1. The van der Waals surface area contributed by atoms with Crippen LogP contribution in [-0.4, -0.2) is 24.4 Å². The molecule has 1 heterocycles. The summed E-state index contributed by atoms with van der Waals surface area (Å²) in [5.74, 6) is 3.88. The Kier molecular flexibility index (Phi) is 4.45. The Morgan fingerprint density at radius 1 is 1.07 bits per heavy atom. The summed E-state index contributed by atoms with van der Waals surface area (Å²) in [5, 5.41) is 0. The van der Waals surface area contributed by atoms with E-state index in [4.69, 9.17) is 9.15 Å². The van der Waals surface area contributed by atoms with E-state index in [0.29, 0.717) is 17.8 Å². The predicted molar refractivity (Wildman–Crippen MR) is 107 cm³/mol. The number of carbonyl (C=O) groups excluding carboxylic acids is 1. The second-order valence-corrected chi connectivity index (χ2v) is 9.46. The van der Waals surface area contributed by atoms with E-state index >= 15 is 0 Å². The Bertz CT molecular complexity index is 805. The van der Waals surface area contributed by atoms with Gasteiger partial charge in [0.05, 0.1) is 6.26 Å². The molecule has 0 radical (unpaired) electrons. The summed E-state index contributed by atoms with van der Waals surface area (Å²) in [6, 6.07) is 11.5. The highest BCUT2D eigenvalue weighted by molar-refractivity contribution is 5.92. The van der Waals surface area contributed by atoms with Crippen molar-refractivity contribution >= 4 is 5.91 Å². The molecule has 0 saturated heterocycles. The molecule has 4 bridgehead atoms. The molecule has 2 aromatic rings. The number of nitrogens with zero attached hydrogens (tertiary/aromatic N) is 1. The molecule has 1 aromatic heterocycles. The van der Waals surface area contributed by atoms with E-state index in [0.717, 1.165) is 35.6 Å². The molecule has 4 aliphatic rings. The molecule has 0 spiro atoms. The predicted octanol–water partition coefficient (Wildman–Crippen LogP) is 5.15. The maximum atomic E-state index is 13.1. The quantitative estimate of drug-likeness (QED) is 0.697. The van der Waals surface area contributed by atoms with Gasteiger partial charge >= 0.3 is 0 Å². The van der Waals surface area contributed by atoms with Crippen LogP contribution in [0.4, 0.5) is 0 Å². The van der Waals surface area contributed by atoms with E-state index in [1.807, 2.05) is 48.3 Å². The number of benzene rings is 1. The molecule has 0 atom stereocenters. The largest absolute Gasteiger partial charge is 0.489 e. The Morgan fingerprint density at radius 3 is 2.36 bits per heavy atom. The lowest BCUT2D eigenvalue weighted by Gasteiger charge is -2.57. The van der Waals surface area contributed by atoms with Crippen LogP contribution in [0.25, 0.3) is 0 Å². The summed E-state index contributed by atoms with van der Waals surface area (Å²) in [5.41, 5.74) is 1.15. The average Bonchev–Trinajstić information content (AvgIpc) is 3.13. The molecule has 4 nitrogen and oxygen atoms in total. The van der Waals surface area contributed by atoms with Crippen LogP contribution in [0, 0.1) is 23.2 Å². The smallest absolute Gasteiger partial charge is 0.289 e. The van der Waals surface area contributed by atoms with Crippen molar-refractivity contribution in [3.63, 3.8) is 0 Å². The third kappa shape index (κ3) is 3.34. The Balaban J connectivity index is 1.26. The summed E-state index contributed by atoms with van der Waals surface area (Å²) in [6.07, 6.45) is 9.79. The Morgan fingerprint density at radius 2 is 1.71 bits per heavy atom. The number of amides is 1. The molecule has 4 aliphatic carbocycles. The van der Waals surface area contributed by atoms with Crippen molar-refractivity contribution in [2.24, 2.45) is 23.2 Å². The number of hydrogen-bond donors (Lipinski definition) is 0. The molecule has 6 rings (SSSR count). The van der Waals surface area contributed by atoms with Crippen LogP contribution in [0.1, 0.15) is 54.6 Å². The second-order valence-electron chi connectivity index (χ2n) is 9.46. The highest BCUT2D eigenvalue weighted by Crippen LogP contribution is 2.60. The van der Waals surface area contributed by atoms with E-state index in [1.54, 1.807) is 6.26 Å². The number of rotatable bonds is 6. The molecule has 1 amide bonds. The first-order chi connectivity index (χ1) is 13.6. The van der Waals surface area contributed by atoms with Crippen molar-refractivity contribution in [2.45, 2.75) is 45.1 Å². The molecule has 148 valence electrons. The zero-order valence-electron chi connectivity index (χ0n) is 16.6. The van der Waals surface area contributed by atoms with Gasteiger partial charge in [0.1, 0.15) is 12.4 Å². The van der Waals surface area contributed by atoms with Crippen molar-refractivity contribution in [3.05, 3.63) is 54.0 Å². The minimum atomic E-state index is -0.0209. The van der Waals surface area contributed by atoms with Gasteiger partial charge in [-0.1, -0.05) is 18.2 Å². The van der Waals surface area contributed by atoms with Gasteiger partial charge in [0.15, 0.2) is 5.76 Å². The minimum Gasteiger partial charge on any atom is -0.489 e. The van der Waals surface area contributed by atoms with Crippen molar-refractivity contribution in [2.75, 3.05) is 13.6 Å². The Labute approximate surface area is 166 Å². The van der Waals surface area contributed by atoms with Gasteiger partial charge in [0, 0.05) is 19.2 Å². The van der Waals surface area contributed by atoms with Gasteiger partial charge in [-0.3, -0.25) is 4.79 Å². The number of furan rings is 1. The fourth-order valence-corrected chi connectivity index (χ4v) is 6.55. The van der Waals surface area contributed by atoms with Gasteiger partial charge in [0.25, 0.3) is 5.91 Å². The van der Waals surface area contributed by atoms with Gasteiger partial charge in [-0.05, 0) is 79.9 Å². The zero-order valence-corrected chi connectivity index (χ0v) is 16.6. The van der Waals surface area contributed by atoms with E-state index < -0.39 is 0 Å². The summed E-state index contributed by atoms with van der Waals surface area (Å²) >= 11 is 0. The molecule has 0 unspecified atom stereocenters. The van der Waals surface area contributed by atoms with Gasteiger partial charge in [-0.15, -0.1) is 0 Å². The van der Waals surface area contributed by atoms with Gasteiger partial charge in [0.2, 0.25) is 0 Å².